The Bertz CT molecular complexity index is 374. The average molecular weight is 317 g/mol. The van der Waals surface area contributed by atoms with E-state index in [0.717, 1.165) is 39.3 Å². The minimum Gasteiger partial charge on any atom is -0.300 e. The van der Waals surface area contributed by atoms with E-state index in [0.29, 0.717) is 10.0 Å². The lowest BCUT2D eigenvalue weighted by Gasteiger charge is -2.24. The zero-order valence-electron chi connectivity index (χ0n) is 13.0. The van der Waals surface area contributed by atoms with Crippen LogP contribution in [0.5, 0.6) is 0 Å². The number of nitrogens with zero attached hydrogens (tertiary/aromatic N) is 2. The van der Waals surface area contributed by atoms with Gasteiger partial charge in [-0.3, -0.25) is 9.80 Å². The number of hydrogen-bond acceptors (Lipinski definition) is 2. The van der Waals surface area contributed by atoms with Crippen molar-refractivity contribution in [1.82, 2.24) is 9.80 Å². The molecule has 0 bridgehead atoms. The molecule has 0 unspecified atom stereocenters. The fraction of sp³-hybridized carbons (Fsp3) is 0.625. The molecule has 0 saturated carbocycles. The van der Waals surface area contributed by atoms with Gasteiger partial charge in [-0.15, -0.1) is 0 Å². The van der Waals surface area contributed by atoms with Crippen molar-refractivity contribution >= 4 is 23.2 Å². The molecule has 0 radical (unpaired) electrons. The van der Waals surface area contributed by atoms with Crippen LogP contribution in [-0.2, 0) is 13.1 Å². The highest BCUT2D eigenvalue weighted by atomic mass is 35.5. The van der Waals surface area contributed by atoms with Gasteiger partial charge in [0.15, 0.2) is 0 Å². The van der Waals surface area contributed by atoms with Crippen molar-refractivity contribution in [3.63, 3.8) is 0 Å². The minimum absolute atomic E-state index is 0.650. The van der Waals surface area contributed by atoms with Crippen molar-refractivity contribution in [2.75, 3.05) is 26.2 Å². The monoisotopic (exact) mass is 316 g/mol. The molecule has 0 spiro atoms. The molecular formula is C16H26Cl2N2. The van der Waals surface area contributed by atoms with Gasteiger partial charge in [0.05, 0.1) is 10.0 Å². The van der Waals surface area contributed by atoms with Crippen LogP contribution < -0.4 is 0 Å². The summed E-state index contributed by atoms with van der Waals surface area (Å²) in [6.45, 7) is 14.8. The van der Waals surface area contributed by atoms with Crippen LogP contribution in [-0.4, -0.2) is 36.0 Å². The quantitative estimate of drug-likeness (QED) is 0.687. The summed E-state index contributed by atoms with van der Waals surface area (Å²) in [7, 11) is 0. The molecule has 0 aliphatic heterocycles. The second kappa shape index (κ2) is 8.89. The van der Waals surface area contributed by atoms with Crippen LogP contribution >= 0.6 is 23.2 Å². The summed E-state index contributed by atoms with van der Waals surface area (Å²) in [5.41, 5.74) is 2.57. The third-order valence-electron chi connectivity index (χ3n) is 3.82. The first kappa shape index (κ1) is 17.8. The summed E-state index contributed by atoms with van der Waals surface area (Å²) in [5.74, 6) is 0. The molecule has 0 amide bonds. The summed E-state index contributed by atoms with van der Waals surface area (Å²) in [6, 6.07) is 4.06. The summed E-state index contributed by atoms with van der Waals surface area (Å²) in [5, 5.41) is 1.30. The molecule has 20 heavy (non-hydrogen) atoms. The van der Waals surface area contributed by atoms with E-state index in [4.69, 9.17) is 23.2 Å². The Hall–Kier alpha value is -0.280. The van der Waals surface area contributed by atoms with Crippen LogP contribution in [0.4, 0.5) is 0 Å². The maximum atomic E-state index is 6.20. The summed E-state index contributed by atoms with van der Waals surface area (Å²) in [6.07, 6.45) is 0. The van der Waals surface area contributed by atoms with Crippen LogP contribution in [0.15, 0.2) is 12.1 Å². The number of halogens is 2. The van der Waals surface area contributed by atoms with E-state index < -0.39 is 0 Å². The Morgan fingerprint density at radius 3 is 1.25 bits per heavy atom. The topological polar surface area (TPSA) is 6.48 Å². The van der Waals surface area contributed by atoms with E-state index in [9.17, 15) is 0 Å². The molecule has 2 nitrogen and oxygen atoms in total. The van der Waals surface area contributed by atoms with Gasteiger partial charge in [-0.05, 0) is 49.4 Å². The third kappa shape index (κ3) is 4.92. The van der Waals surface area contributed by atoms with Crippen LogP contribution in [0.3, 0.4) is 0 Å². The molecule has 0 aliphatic carbocycles. The van der Waals surface area contributed by atoms with E-state index in [1.807, 2.05) is 12.1 Å². The lowest BCUT2D eigenvalue weighted by Crippen LogP contribution is -2.26. The van der Waals surface area contributed by atoms with Gasteiger partial charge in [0.2, 0.25) is 0 Å². The van der Waals surface area contributed by atoms with E-state index in [1.54, 1.807) is 0 Å². The van der Waals surface area contributed by atoms with Crippen molar-refractivity contribution < 1.29 is 0 Å². The zero-order chi connectivity index (χ0) is 15.1. The van der Waals surface area contributed by atoms with E-state index in [1.165, 1.54) is 11.1 Å². The van der Waals surface area contributed by atoms with Crippen molar-refractivity contribution in [1.29, 1.82) is 0 Å². The Kier molecular flexibility index (Phi) is 7.90. The molecule has 0 N–H and O–H groups in total. The third-order valence-corrected chi connectivity index (χ3v) is 4.54. The Balaban J connectivity index is 3.03. The molecule has 1 rings (SSSR count). The molecule has 114 valence electrons. The summed E-state index contributed by atoms with van der Waals surface area (Å²) < 4.78 is 0. The van der Waals surface area contributed by atoms with Crippen molar-refractivity contribution in [3.8, 4) is 0 Å². The molecule has 1 aromatic rings. The van der Waals surface area contributed by atoms with Crippen molar-refractivity contribution in [2.45, 2.75) is 40.8 Å². The van der Waals surface area contributed by atoms with Crippen LogP contribution in [0, 0.1) is 0 Å². The lowest BCUT2D eigenvalue weighted by atomic mass is 10.1. The summed E-state index contributed by atoms with van der Waals surface area (Å²) >= 11 is 12.4. The number of benzene rings is 1. The first-order valence-corrected chi connectivity index (χ1v) is 8.22. The van der Waals surface area contributed by atoms with Crippen LogP contribution in [0.2, 0.25) is 10.0 Å². The largest absolute Gasteiger partial charge is 0.300 e. The maximum absolute atomic E-state index is 6.20. The Labute approximate surface area is 133 Å². The van der Waals surface area contributed by atoms with Gasteiger partial charge in [-0.1, -0.05) is 50.9 Å². The first-order chi connectivity index (χ1) is 9.55. The SMILES string of the molecule is CCN(CC)Cc1cc(Cl)c(Cl)cc1CN(CC)CC. The molecule has 0 aliphatic rings. The smallest absolute Gasteiger partial charge is 0.0595 e. The molecule has 0 heterocycles. The fourth-order valence-electron chi connectivity index (χ4n) is 2.30. The maximum Gasteiger partial charge on any atom is 0.0595 e. The van der Waals surface area contributed by atoms with Gasteiger partial charge in [0.25, 0.3) is 0 Å². The highest BCUT2D eigenvalue weighted by molar-refractivity contribution is 6.42. The van der Waals surface area contributed by atoms with Crippen molar-refractivity contribution in [2.24, 2.45) is 0 Å². The van der Waals surface area contributed by atoms with Crippen molar-refractivity contribution in [3.05, 3.63) is 33.3 Å². The Morgan fingerprint density at radius 2 is 1.00 bits per heavy atom. The van der Waals surface area contributed by atoms with Gasteiger partial charge in [-0.25, -0.2) is 0 Å². The number of hydrogen-bond donors (Lipinski definition) is 0. The molecule has 0 aromatic heterocycles. The van der Waals surface area contributed by atoms with Gasteiger partial charge in [0.1, 0.15) is 0 Å². The molecule has 1 aromatic carbocycles. The fourth-order valence-corrected chi connectivity index (χ4v) is 2.67. The standard InChI is InChI=1S/C16H26Cl2N2/c1-5-19(6-2)11-13-9-15(17)16(18)10-14(13)12-20(7-3)8-4/h9-10H,5-8,11-12H2,1-4H3. The minimum atomic E-state index is 0.650. The normalized spacial score (nSPS) is 11.6. The highest BCUT2D eigenvalue weighted by Crippen LogP contribution is 2.27. The molecular weight excluding hydrogens is 291 g/mol. The van der Waals surface area contributed by atoms with E-state index in [-0.39, 0.29) is 0 Å². The van der Waals surface area contributed by atoms with Gasteiger partial charge in [-0.2, -0.15) is 0 Å². The first-order valence-electron chi connectivity index (χ1n) is 7.47. The predicted molar refractivity (Wildman–Crippen MR) is 89.7 cm³/mol. The summed E-state index contributed by atoms with van der Waals surface area (Å²) in [4.78, 5) is 4.79. The van der Waals surface area contributed by atoms with Gasteiger partial charge >= 0.3 is 0 Å². The molecule has 0 saturated heterocycles. The van der Waals surface area contributed by atoms with Gasteiger partial charge < -0.3 is 0 Å². The highest BCUT2D eigenvalue weighted by Gasteiger charge is 2.12. The average Bonchev–Trinajstić information content (AvgIpc) is 2.46. The predicted octanol–water partition coefficient (Wildman–Crippen LogP) is 4.68. The Morgan fingerprint density at radius 1 is 0.700 bits per heavy atom. The number of rotatable bonds is 8. The zero-order valence-corrected chi connectivity index (χ0v) is 14.6. The molecule has 4 heteroatoms. The molecule has 0 fully saturated rings. The van der Waals surface area contributed by atoms with Gasteiger partial charge in [0, 0.05) is 13.1 Å². The van der Waals surface area contributed by atoms with E-state index >= 15 is 0 Å². The molecule has 0 atom stereocenters. The second-order valence-corrected chi connectivity index (χ2v) is 5.77. The van der Waals surface area contributed by atoms with E-state index in [2.05, 4.69) is 37.5 Å². The van der Waals surface area contributed by atoms with Crippen LogP contribution in [0.1, 0.15) is 38.8 Å². The lowest BCUT2D eigenvalue weighted by molar-refractivity contribution is 0.280. The second-order valence-electron chi connectivity index (χ2n) is 4.96. The van der Waals surface area contributed by atoms with Crippen LogP contribution in [0.25, 0.3) is 0 Å².